The van der Waals surface area contributed by atoms with Crippen LogP contribution in [0.3, 0.4) is 0 Å². The molecule has 1 unspecified atom stereocenters. The maximum absolute atomic E-state index is 6.08. The second-order valence-electron chi connectivity index (χ2n) is 4.66. The van der Waals surface area contributed by atoms with Gasteiger partial charge >= 0.3 is 0 Å². The first-order valence-electron chi connectivity index (χ1n) is 6.12. The molecule has 2 nitrogen and oxygen atoms in total. The van der Waals surface area contributed by atoms with Crippen molar-refractivity contribution >= 4 is 33.2 Å². The monoisotopic (exact) mass is 316 g/mol. The summed E-state index contributed by atoms with van der Waals surface area (Å²) in [6, 6.07) is 6.32. The van der Waals surface area contributed by atoms with E-state index in [1.54, 1.807) is 0 Å². The third-order valence-corrected chi connectivity index (χ3v) is 4.73. The zero-order valence-corrected chi connectivity index (χ0v) is 12.1. The molecule has 3 N–H and O–H groups in total. The molecule has 0 amide bonds. The highest BCUT2D eigenvalue weighted by Gasteiger charge is 2.23. The van der Waals surface area contributed by atoms with E-state index in [0.717, 1.165) is 15.2 Å². The highest BCUT2D eigenvalue weighted by Crippen LogP contribution is 2.30. The SMILES string of the molecule is NCC(Nc1ccc(Br)c(Cl)c1)C1CCCC1. The normalized spacial score (nSPS) is 18.3. The maximum Gasteiger partial charge on any atom is 0.0568 e. The fraction of sp³-hybridized carbons (Fsp3) is 0.538. The van der Waals surface area contributed by atoms with E-state index < -0.39 is 0 Å². The Hall–Kier alpha value is -0.250. The van der Waals surface area contributed by atoms with Crippen molar-refractivity contribution in [3.8, 4) is 0 Å². The maximum atomic E-state index is 6.08. The van der Waals surface area contributed by atoms with Crippen molar-refractivity contribution in [2.45, 2.75) is 31.7 Å². The van der Waals surface area contributed by atoms with Crippen LogP contribution in [-0.4, -0.2) is 12.6 Å². The van der Waals surface area contributed by atoms with Gasteiger partial charge in [0.05, 0.1) is 5.02 Å². The molecule has 1 atom stereocenters. The van der Waals surface area contributed by atoms with Crippen LogP contribution in [0, 0.1) is 5.92 Å². The van der Waals surface area contributed by atoms with Gasteiger partial charge in [0.15, 0.2) is 0 Å². The zero-order chi connectivity index (χ0) is 12.3. The topological polar surface area (TPSA) is 38.0 Å². The predicted molar refractivity (Wildman–Crippen MR) is 77.6 cm³/mol. The summed E-state index contributed by atoms with van der Waals surface area (Å²) in [4.78, 5) is 0. The van der Waals surface area contributed by atoms with Crippen LogP contribution < -0.4 is 11.1 Å². The lowest BCUT2D eigenvalue weighted by Gasteiger charge is -2.24. The number of anilines is 1. The van der Waals surface area contributed by atoms with Crippen LogP contribution >= 0.6 is 27.5 Å². The summed E-state index contributed by atoms with van der Waals surface area (Å²) in [7, 11) is 0. The molecule has 1 aromatic carbocycles. The van der Waals surface area contributed by atoms with E-state index in [2.05, 4.69) is 21.2 Å². The Morgan fingerprint density at radius 1 is 1.41 bits per heavy atom. The van der Waals surface area contributed by atoms with Crippen LogP contribution in [0.4, 0.5) is 5.69 Å². The summed E-state index contributed by atoms with van der Waals surface area (Å²) in [5.41, 5.74) is 6.92. The van der Waals surface area contributed by atoms with Crippen molar-refractivity contribution in [1.82, 2.24) is 0 Å². The summed E-state index contributed by atoms with van der Waals surface area (Å²) in [5.74, 6) is 0.711. The summed E-state index contributed by atoms with van der Waals surface area (Å²) >= 11 is 9.48. The van der Waals surface area contributed by atoms with Crippen LogP contribution in [0.5, 0.6) is 0 Å². The Kier molecular flexibility index (Phi) is 4.71. The minimum absolute atomic E-state index is 0.370. The molecule has 1 fully saturated rings. The van der Waals surface area contributed by atoms with Crippen LogP contribution in [-0.2, 0) is 0 Å². The summed E-state index contributed by atoms with van der Waals surface area (Å²) in [6.45, 7) is 0.679. The van der Waals surface area contributed by atoms with Gasteiger partial charge in [-0.25, -0.2) is 0 Å². The zero-order valence-electron chi connectivity index (χ0n) is 9.76. The molecule has 4 heteroatoms. The molecule has 0 spiro atoms. The molecule has 0 aromatic heterocycles. The third kappa shape index (κ3) is 3.36. The minimum Gasteiger partial charge on any atom is -0.381 e. The first-order chi connectivity index (χ1) is 8.20. The summed E-state index contributed by atoms with van der Waals surface area (Å²) < 4.78 is 0.926. The van der Waals surface area contributed by atoms with Crippen molar-refractivity contribution in [3.05, 3.63) is 27.7 Å². The fourth-order valence-electron chi connectivity index (χ4n) is 2.53. The van der Waals surface area contributed by atoms with Crippen LogP contribution in [0.2, 0.25) is 5.02 Å². The smallest absolute Gasteiger partial charge is 0.0568 e. The standard InChI is InChI=1S/C13H18BrClN2/c14-11-6-5-10(7-12(11)15)17-13(8-16)9-3-1-2-4-9/h5-7,9,13,17H,1-4,8,16H2. The first kappa shape index (κ1) is 13.2. The van der Waals surface area contributed by atoms with Gasteiger partial charge in [-0.3, -0.25) is 0 Å². The number of hydrogen-bond donors (Lipinski definition) is 2. The van der Waals surface area contributed by atoms with Crippen LogP contribution in [0.25, 0.3) is 0 Å². The van der Waals surface area contributed by atoms with E-state index in [1.165, 1.54) is 25.7 Å². The van der Waals surface area contributed by atoms with Crippen molar-refractivity contribution in [2.75, 3.05) is 11.9 Å². The van der Waals surface area contributed by atoms with Gasteiger partial charge < -0.3 is 11.1 Å². The molecule has 1 aliphatic rings. The van der Waals surface area contributed by atoms with Gasteiger partial charge in [0.2, 0.25) is 0 Å². The first-order valence-corrected chi connectivity index (χ1v) is 7.29. The second kappa shape index (κ2) is 6.07. The summed E-state index contributed by atoms with van der Waals surface area (Å²) in [6.07, 6.45) is 5.26. The molecule has 0 aliphatic heterocycles. The fourth-order valence-corrected chi connectivity index (χ4v) is 2.96. The van der Waals surface area contributed by atoms with Gasteiger partial charge in [0, 0.05) is 22.7 Å². The highest BCUT2D eigenvalue weighted by molar-refractivity contribution is 9.10. The number of hydrogen-bond acceptors (Lipinski definition) is 2. The van der Waals surface area contributed by atoms with E-state index in [0.29, 0.717) is 18.5 Å². The molecular formula is C13H18BrClN2. The second-order valence-corrected chi connectivity index (χ2v) is 5.92. The average molecular weight is 318 g/mol. The van der Waals surface area contributed by atoms with E-state index in [9.17, 15) is 0 Å². The van der Waals surface area contributed by atoms with Gasteiger partial charge in [-0.2, -0.15) is 0 Å². The Balaban J connectivity index is 2.04. The summed E-state index contributed by atoms with van der Waals surface area (Å²) in [5, 5.41) is 4.24. The number of rotatable bonds is 4. The Morgan fingerprint density at radius 2 is 2.12 bits per heavy atom. The predicted octanol–water partition coefficient (Wildman–Crippen LogP) is 4.03. The quantitative estimate of drug-likeness (QED) is 0.880. The largest absolute Gasteiger partial charge is 0.381 e. The molecule has 1 saturated carbocycles. The van der Waals surface area contributed by atoms with E-state index in [1.807, 2.05) is 18.2 Å². The number of nitrogens with two attached hydrogens (primary N) is 1. The molecule has 2 rings (SSSR count). The lowest BCUT2D eigenvalue weighted by atomic mass is 9.98. The molecule has 1 aromatic rings. The van der Waals surface area contributed by atoms with Crippen LogP contribution in [0.1, 0.15) is 25.7 Å². The Morgan fingerprint density at radius 3 is 2.71 bits per heavy atom. The minimum atomic E-state index is 0.370. The van der Waals surface area contributed by atoms with Gasteiger partial charge in [0.25, 0.3) is 0 Å². The van der Waals surface area contributed by atoms with E-state index in [-0.39, 0.29) is 0 Å². The molecule has 0 saturated heterocycles. The number of halogens is 2. The Bertz CT molecular complexity index is 378. The van der Waals surface area contributed by atoms with Crippen molar-refractivity contribution in [3.63, 3.8) is 0 Å². The van der Waals surface area contributed by atoms with Crippen molar-refractivity contribution in [1.29, 1.82) is 0 Å². The van der Waals surface area contributed by atoms with Crippen molar-refractivity contribution < 1.29 is 0 Å². The third-order valence-electron chi connectivity index (χ3n) is 3.49. The highest BCUT2D eigenvalue weighted by atomic mass is 79.9. The van der Waals surface area contributed by atoms with Gasteiger partial charge in [-0.1, -0.05) is 24.4 Å². The Labute approximate surface area is 116 Å². The molecule has 1 aliphatic carbocycles. The molecule has 0 bridgehead atoms. The van der Waals surface area contributed by atoms with E-state index in [4.69, 9.17) is 17.3 Å². The molecule has 0 heterocycles. The van der Waals surface area contributed by atoms with Gasteiger partial charge in [-0.05, 0) is 52.9 Å². The molecule has 0 radical (unpaired) electrons. The number of benzene rings is 1. The number of nitrogens with one attached hydrogen (secondary N) is 1. The van der Waals surface area contributed by atoms with E-state index >= 15 is 0 Å². The van der Waals surface area contributed by atoms with Gasteiger partial charge in [-0.15, -0.1) is 0 Å². The lowest BCUT2D eigenvalue weighted by Crippen LogP contribution is -2.35. The van der Waals surface area contributed by atoms with Crippen molar-refractivity contribution in [2.24, 2.45) is 11.7 Å². The lowest BCUT2D eigenvalue weighted by molar-refractivity contribution is 0.462. The molecular weight excluding hydrogens is 300 g/mol. The molecule has 17 heavy (non-hydrogen) atoms. The average Bonchev–Trinajstić information content (AvgIpc) is 2.84. The van der Waals surface area contributed by atoms with Gasteiger partial charge in [0.1, 0.15) is 0 Å². The van der Waals surface area contributed by atoms with Crippen LogP contribution in [0.15, 0.2) is 22.7 Å². The molecule has 94 valence electrons.